The predicted octanol–water partition coefficient (Wildman–Crippen LogP) is -0.638. The van der Waals surface area contributed by atoms with E-state index in [-0.39, 0.29) is 46.8 Å². The van der Waals surface area contributed by atoms with Gasteiger partial charge in [0.05, 0.1) is 5.97 Å². The minimum Gasteiger partial charge on any atom is -0.545 e. The zero-order valence-electron chi connectivity index (χ0n) is 11.6. The molecule has 1 atom stereocenters. The summed E-state index contributed by atoms with van der Waals surface area (Å²) in [4.78, 5) is 10.9. The van der Waals surface area contributed by atoms with Crippen LogP contribution in [0.15, 0.2) is 12.1 Å². The molecule has 1 aromatic rings. The Morgan fingerprint density at radius 3 is 2.56 bits per heavy atom. The van der Waals surface area contributed by atoms with E-state index in [1.807, 2.05) is 6.92 Å². The maximum absolute atomic E-state index is 10.9. The maximum atomic E-state index is 10.9. The molecular weight excluding hydrogens is 239 g/mol. The summed E-state index contributed by atoms with van der Waals surface area (Å²) in [5, 5.41) is 20.8. The Bertz CT molecular complexity index is 416. The third-order valence-electron chi connectivity index (χ3n) is 3.12. The summed E-state index contributed by atoms with van der Waals surface area (Å²) in [5.41, 5.74) is 1.40. The number of benzene rings is 1. The molecule has 0 aliphatic carbocycles. The van der Waals surface area contributed by atoms with Crippen LogP contribution in [0, 0.1) is 6.92 Å². The van der Waals surface area contributed by atoms with Crippen molar-refractivity contribution in [1.29, 1.82) is 0 Å². The van der Waals surface area contributed by atoms with Crippen LogP contribution >= 0.6 is 0 Å². The Morgan fingerprint density at radius 1 is 1.44 bits per heavy atom. The summed E-state index contributed by atoms with van der Waals surface area (Å²) in [5.74, 6) is -0.851. The summed E-state index contributed by atoms with van der Waals surface area (Å²) in [7, 11) is 0. The molecule has 1 unspecified atom stereocenters. The number of aryl methyl sites for hydroxylation is 1. The number of unbranched alkanes of at least 4 members (excludes halogenated alkanes) is 1. The Hall–Kier alpha value is -0.510. The molecule has 1 rings (SSSR count). The van der Waals surface area contributed by atoms with Gasteiger partial charge in [0.2, 0.25) is 0 Å². The molecule has 0 aliphatic rings. The summed E-state index contributed by atoms with van der Waals surface area (Å²) in [6.45, 7) is 5.76. The van der Waals surface area contributed by atoms with Crippen LogP contribution in [0.3, 0.4) is 0 Å². The number of aromatic hydroxyl groups is 1. The molecule has 3 nitrogen and oxygen atoms in total. The van der Waals surface area contributed by atoms with Gasteiger partial charge in [-0.1, -0.05) is 26.7 Å². The number of carboxylic acids is 1. The van der Waals surface area contributed by atoms with E-state index < -0.39 is 5.97 Å². The summed E-state index contributed by atoms with van der Waals surface area (Å²) < 4.78 is 0. The third kappa shape index (κ3) is 4.30. The number of aromatic carboxylic acids is 1. The van der Waals surface area contributed by atoms with Gasteiger partial charge in [0.15, 0.2) is 0 Å². The fourth-order valence-electron chi connectivity index (χ4n) is 1.99. The molecule has 0 amide bonds. The molecular formula is C14H19NaO3. The zero-order valence-corrected chi connectivity index (χ0v) is 13.6. The molecule has 0 heterocycles. The molecule has 0 saturated heterocycles. The monoisotopic (exact) mass is 258 g/mol. The Labute approximate surface area is 131 Å². The van der Waals surface area contributed by atoms with Gasteiger partial charge in [0, 0.05) is 5.56 Å². The Morgan fingerprint density at radius 2 is 2.06 bits per heavy atom. The molecule has 4 heteroatoms. The number of carbonyl (C=O) groups is 1. The van der Waals surface area contributed by atoms with E-state index in [4.69, 9.17) is 0 Å². The molecule has 1 N–H and O–H groups in total. The summed E-state index contributed by atoms with van der Waals surface area (Å²) >= 11 is 0. The molecule has 0 aliphatic heterocycles. The standard InChI is InChI=1S/C14H20O3.Na/c1-4-5-6-9(2)11-8-12(14(16)17)10(3)7-13(11)15;/h7-9,15H,4-6H2,1-3H3,(H,16,17);/q;+1/p-1. The van der Waals surface area contributed by atoms with Gasteiger partial charge in [0.25, 0.3) is 0 Å². The second-order valence-corrected chi connectivity index (χ2v) is 4.56. The summed E-state index contributed by atoms with van der Waals surface area (Å²) in [6.07, 6.45) is 3.10. The van der Waals surface area contributed by atoms with Crippen LogP contribution in [0.4, 0.5) is 0 Å². The van der Waals surface area contributed by atoms with E-state index in [0.717, 1.165) is 19.3 Å². The van der Waals surface area contributed by atoms with Crippen LogP contribution in [-0.4, -0.2) is 11.1 Å². The third-order valence-corrected chi connectivity index (χ3v) is 3.12. The number of hydrogen-bond donors (Lipinski definition) is 1. The van der Waals surface area contributed by atoms with E-state index in [2.05, 4.69) is 6.92 Å². The van der Waals surface area contributed by atoms with Gasteiger partial charge in [-0.15, -0.1) is 0 Å². The number of phenolic OH excluding ortho intramolecular Hbond substituents is 1. The smallest absolute Gasteiger partial charge is 0.545 e. The topological polar surface area (TPSA) is 60.4 Å². The fraction of sp³-hybridized carbons (Fsp3) is 0.500. The predicted molar refractivity (Wildman–Crippen MR) is 65.1 cm³/mol. The minimum atomic E-state index is -1.19. The van der Waals surface area contributed by atoms with Crippen molar-refractivity contribution >= 4 is 5.97 Å². The van der Waals surface area contributed by atoms with Crippen LogP contribution in [0.5, 0.6) is 5.75 Å². The first-order chi connectivity index (χ1) is 7.97. The van der Waals surface area contributed by atoms with Gasteiger partial charge in [-0.25, -0.2) is 0 Å². The number of rotatable bonds is 5. The van der Waals surface area contributed by atoms with Gasteiger partial charge in [-0.05, 0) is 42.5 Å². The van der Waals surface area contributed by atoms with Crippen LogP contribution in [0.1, 0.15) is 60.5 Å². The van der Waals surface area contributed by atoms with Crippen molar-refractivity contribution in [2.45, 2.75) is 46.0 Å². The zero-order chi connectivity index (χ0) is 13.0. The van der Waals surface area contributed by atoms with Crippen LogP contribution in [-0.2, 0) is 0 Å². The van der Waals surface area contributed by atoms with Crippen LogP contribution in [0.25, 0.3) is 0 Å². The maximum Gasteiger partial charge on any atom is 1.00 e. The van der Waals surface area contributed by atoms with E-state index in [9.17, 15) is 15.0 Å². The fourth-order valence-corrected chi connectivity index (χ4v) is 1.99. The van der Waals surface area contributed by atoms with E-state index >= 15 is 0 Å². The van der Waals surface area contributed by atoms with Gasteiger partial charge < -0.3 is 15.0 Å². The number of carbonyl (C=O) groups excluding carboxylic acids is 1. The van der Waals surface area contributed by atoms with Gasteiger partial charge in [-0.2, -0.15) is 0 Å². The number of hydrogen-bond acceptors (Lipinski definition) is 3. The molecule has 0 saturated carbocycles. The quantitative estimate of drug-likeness (QED) is 0.715. The van der Waals surface area contributed by atoms with Gasteiger partial charge in [-0.3, -0.25) is 0 Å². The minimum absolute atomic E-state index is 0. The first-order valence-corrected chi connectivity index (χ1v) is 6.02. The first-order valence-electron chi connectivity index (χ1n) is 6.02. The van der Waals surface area contributed by atoms with E-state index in [1.54, 1.807) is 13.0 Å². The Kier molecular flexibility index (Phi) is 7.60. The number of carboxylic acid groups (broad SMARTS) is 1. The number of phenols is 1. The molecule has 0 fully saturated rings. The molecule has 94 valence electrons. The largest absolute Gasteiger partial charge is 1.00 e. The first kappa shape index (κ1) is 17.5. The average molecular weight is 258 g/mol. The van der Waals surface area contributed by atoms with Crippen molar-refractivity contribution in [3.63, 3.8) is 0 Å². The SMILES string of the molecule is CCCCC(C)c1cc(C(=O)[O-])c(C)cc1O.[Na+]. The van der Waals surface area contributed by atoms with Crippen molar-refractivity contribution in [1.82, 2.24) is 0 Å². The molecule has 0 radical (unpaired) electrons. The van der Waals surface area contributed by atoms with Crippen molar-refractivity contribution < 1.29 is 44.6 Å². The van der Waals surface area contributed by atoms with Crippen molar-refractivity contribution in [3.8, 4) is 5.75 Å². The van der Waals surface area contributed by atoms with E-state index in [0.29, 0.717) is 11.1 Å². The molecule has 0 spiro atoms. The average Bonchev–Trinajstić information content (AvgIpc) is 2.25. The second kappa shape index (κ2) is 7.82. The Balaban J connectivity index is 0.00000289. The normalized spacial score (nSPS) is 11.7. The molecule has 0 bridgehead atoms. The second-order valence-electron chi connectivity index (χ2n) is 4.56. The van der Waals surface area contributed by atoms with E-state index in [1.165, 1.54) is 6.07 Å². The van der Waals surface area contributed by atoms with Gasteiger partial charge >= 0.3 is 29.6 Å². The van der Waals surface area contributed by atoms with Crippen molar-refractivity contribution in [2.24, 2.45) is 0 Å². The van der Waals surface area contributed by atoms with Crippen LogP contribution in [0.2, 0.25) is 0 Å². The van der Waals surface area contributed by atoms with Gasteiger partial charge in [0.1, 0.15) is 5.75 Å². The van der Waals surface area contributed by atoms with Crippen molar-refractivity contribution in [3.05, 3.63) is 28.8 Å². The molecule has 1 aromatic carbocycles. The molecule has 0 aromatic heterocycles. The molecule has 18 heavy (non-hydrogen) atoms. The van der Waals surface area contributed by atoms with Crippen LogP contribution < -0.4 is 34.7 Å². The summed E-state index contributed by atoms with van der Waals surface area (Å²) in [6, 6.07) is 3.04. The van der Waals surface area contributed by atoms with Crippen molar-refractivity contribution in [2.75, 3.05) is 0 Å².